The Morgan fingerprint density at radius 2 is 1.24 bits per heavy atom. The Hall–Kier alpha value is -3.20. The summed E-state index contributed by atoms with van der Waals surface area (Å²) in [7, 11) is 0. The van der Waals surface area contributed by atoms with Crippen molar-refractivity contribution in [2.75, 3.05) is 5.73 Å². The van der Waals surface area contributed by atoms with E-state index in [1.54, 1.807) is 0 Å². The molecule has 0 fully saturated rings. The minimum atomic E-state index is 0.197. The first-order chi connectivity index (χ1) is 12.3. The summed E-state index contributed by atoms with van der Waals surface area (Å²) in [6.45, 7) is 0. The van der Waals surface area contributed by atoms with Crippen molar-refractivity contribution in [2.24, 2.45) is 0 Å². The van der Waals surface area contributed by atoms with E-state index in [-0.39, 0.29) is 5.92 Å². The molecule has 0 saturated heterocycles. The summed E-state index contributed by atoms with van der Waals surface area (Å²) in [5.41, 5.74) is 9.56. The molecule has 1 aromatic heterocycles. The molecule has 4 aromatic rings. The molecule has 3 heteroatoms. The number of benzene rings is 3. The Labute approximate surface area is 147 Å². The zero-order chi connectivity index (χ0) is 17.1. The van der Waals surface area contributed by atoms with Crippen LogP contribution in [0.2, 0.25) is 0 Å². The van der Waals surface area contributed by atoms with Gasteiger partial charge in [-0.15, -0.1) is 0 Å². The smallest absolute Gasteiger partial charge is 0.135 e. The van der Waals surface area contributed by atoms with Crippen LogP contribution in [-0.2, 0) is 6.42 Å². The highest BCUT2D eigenvalue weighted by molar-refractivity contribution is 5.87. The molecule has 0 amide bonds. The number of aromatic nitrogens is 2. The van der Waals surface area contributed by atoms with Crippen LogP contribution in [0.5, 0.6) is 0 Å². The lowest BCUT2D eigenvalue weighted by Crippen LogP contribution is -2.09. The van der Waals surface area contributed by atoms with Gasteiger partial charge in [0.25, 0.3) is 0 Å². The molecule has 3 nitrogen and oxygen atoms in total. The molecule has 0 saturated carbocycles. The van der Waals surface area contributed by atoms with E-state index in [1.807, 2.05) is 36.4 Å². The summed E-state index contributed by atoms with van der Waals surface area (Å²) in [5, 5.41) is 0.905. The molecule has 0 bridgehead atoms. The lowest BCUT2D eigenvalue weighted by atomic mass is 9.88. The molecule has 25 heavy (non-hydrogen) atoms. The summed E-state index contributed by atoms with van der Waals surface area (Å²) >= 11 is 0. The van der Waals surface area contributed by atoms with Gasteiger partial charge < -0.3 is 5.73 Å². The van der Waals surface area contributed by atoms with Gasteiger partial charge >= 0.3 is 0 Å². The van der Waals surface area contributed by atoms with Gasteiger partial charge in [0, 0.05) is 17.7 Å². The molecule has 0 atom stereocenters. The van der Waals surface area contributed by atoms with Crippen molar-refractivity contribution in [1.29, 1.82) is 0 Å². The number of rotatable bonds is 4. The Morgan fingerprint density at radius 3 is 1.88 bits per heavy atom. The Morgan fingerprint density at radius 1 is 0.680 bits per heavy atom. The molecule has 0 unspecified atom stereocenters. The first-order valence-electron chi connectivity index (χ1n) is 8.42. The predicted octanol–water partition coefficient (Wildman–Crippen LogP) is 4.59. The zero-order valence-corrected chi connectivity index (χ0v) is 13.8. The molecule has 0 aliphatic heterocycles. The van der Waals surface area contributed by atoms with E-state index in [1.165, 1.54) is 11.1 Å². The monoisotopic (exact) mass is 325 g/mol. The summed E-state index contributed by atoms with van der Waals surface area (Å²) in [6, 6.07) is 28.9. The Balaban J connectivity index is 1.77. The van der Waals surface area contributed by atoms with Gasteiger partial charge in [-0.1, -0.05) is 72.8 Å². The number of anilines is 1. The molecule has 0 spiro atoms. The van der Waals surface area contributed by atoms with Gasteiger partial charge in [0.05, 0.1) is 5.52 Å². The lowest BCUT2D eigenvalue weighted by molar-refractivity contribution is 0.761. The molecule has 1 heterocycles. The maximum atomic E-state index is 6.16. The fourth-order valence-corrected chi connectivity index (χ4v) is 3.22. The van der Waals surface area contributed by atoms with Gasteiger partial charge in [0.15, 0.2) is 0 Å². The minimum Gasteiger partial charge on any atom is -0.383 e. The van der Waals surface area contributed by atoms with Crippen molar-refractivity contribution in [2.45, 2.75) is 12.3 Å². The third kappa shape index (κ3) is 3.22. The molecule has 3 aromatic carbocycles. The number of para-hydroxylation sites is 1. The molecule has 4 rings (SSSR count). The highest BCUT2D eigenvalue weighted by Gasteiger charge is 2.17. The third-order valence-corrected chi connectivity index (χ3v) is 4.47. The molecule has 0 radical (unpaired) electrons. The van der Waals surface area contributed by atoms with Gasteiger partial charge in [-0.25, -0.2) is 9.97 Å². The second-order valence-corrected chi connectivity index (χ2v) is 6.12. The van der Waals surface area contributed by atoms with Crippen LogP contribution in [0.15, 0.2) is 84.9 Å². The predicted molar refractivity (Wildman–Crippen MR) is 102 cm³/mol. The number of hydrogen-bond acceptors (Lipinski definition) is 3. The van der Waals surface area contributed by atoms with Crippen LogP contribution in [0.4, 0.5) is 5.82 Å². The summed E-state index contributed by atoms with van der Waals surface area (Å²) in [4.78, 5) is 9.29. The van der Waals surface area contributed by atoms with Crippen LogP contribution in [0.25, 0.3) is 10.9 Å². The number of hydrogen-bond donors (Lipinski definition) is 1. The van der Waals surface area contributed by atoms with Gasteiger partial charge in [-0.2, -0.15) is 0 Å². The second kappa shape index (κ2) is 6.73. The second-order valence-electron chi connectivity index (χ2n) is 6.12. The standard InChI is InChI=1S/C22H19N3/c23-22-18-13-7-8-14-20(18)24-21(25-22)15-19(16-9-3-1-4-10-16)17-11-5-2-6-12-17/h1-14,19H,15H2,(H2,23,24,25). The Bertz CT molecular complexity index is 942. The number of nitrogens with zero attached hydrogens (tertiary/aromatic N) is 2. The molecule has 0 aliphatic carbocycles. The SMILES string of the molecule is Nc1nc(CC(c2ccccc2)c2ccccc2)nc2ccccc12. The lowest BCUT2D eigenvalue weighted by Gasteiger charge is -2.18. The van der Waals surface area contributed by atoms with E-state index in [4.69, 9.17) is 10.7 Å². The summed E-state index contributed by atoms with van der Waals surface area (Å²) in [5.74, 6) is 1.51. The quantitative estimate of drug-likeness (QED) is 0.597. The number of nitrogen functional groups attached to an aromatic ring is 1. The van der Waals surface area contributed by atoms with Crippen molar-refractivity contribution in [1.82, 2.24) is 9.97 Å². The normalized spacial score (nSPS) is 11.1. The molecular formula is C22H19N3. The van der Waals surface area contributed by atoms with Gasteiger partial charge in [0.1, 0.15) is 11.6 Å². The van der Waals surface area contributed by atoms with E-state index in [0.29, 0.717) is 12.2 Å². The van der Waals surface area contributed by atoms with Crippen LogP contribution in [0.1, 0.15) is 22.9 Å². The average molecular weight is 325 g/mol. The van der Waals surface area contributed by atoms with Crippen molar-refractivity contribution in [3.05, 3.63) is 102 Å². The Kier molecular flexibility index (Phi) is 4.13. The largest absolute Gasteiger partial charge is 0.383 e. The van der Waals surface area contributed by atoms with Crippen LogP contribution >= 0.6 is 0 Å². The average Bonchev–Trinajstić information content (AvgIpc) is 2.67. The molecule has 0 aliphatic rings. The third-order valence-electron chi connectivity index (χ3n) is 4.47. The minimum absolute atomic E-state index is 0.197. The van der Waals surface area contributed by atoms with Crippen molar-refractivity contribution in [3.63, 3.8) is 0 Å². The van der Waals surface area contributed by atoms with Crippen LogP contribution in [0.3, 0.4) is 0 Å². The van der Waals surface area contributed by atoms with Crippen LogP contribution < -0.4 is 5.73 Å². The first kappa shape index (κ1) is 15.3. The first-order valence-corrected chi connectivity index (χ1v) is 8.42. The van der Waals surface area contributed by atoms with Crippen LogP contribution in [-0.4, -0.2) is 9.97 Å². The maximum absolute atomic E-state index is 6.16. The molecule has 2 N–H and O–H groups in total. The zero-order valence-electron chi connectivity index (χ0n) is 13.8. The van der Waals surface area contributed by atoms with Crippen molar-refractivity contribution in [3.8, 4) is 0 Å². The van der Waals surface area contributed by atoms with E-state index < -0.39 is 0 Å². The van der Waals surface area contributed by atoms with Gasteiger partial charge in [-0.3, -0.25) is 0 Å². The van der Waals surface area contributed by atoms with E-state index >= 15 is 0 Å². The van der Waals surface area contributed by atoms with Crippen molar-refractivity contribution < 1.29 is 0 Å². The highest BCUT2D eigenvalue weighted by atomic mass is 14.9. The summed E-state index contributed by atoms with van der Waals surface area (Å²) in [6.07, 6.45) is 0.711. The van der Waals surface area contributed by atoms with E-state index in [2.05, 4.69) is 53.5 Å². The maximum Gasteiger partial charge on any atom is 0.135 e. The van der Waals surface area contributed by atoms with Gasteiger partial charge in [0.2, 0.25) is 0 Å². The number of fused-ring (bicyclic) bond motifs is 1. The van der Waals surface area contributed by atoms with Gasteiger partial charge in [-0.05, 0) is 23.3 Å². The topological polar surface area (TPSA) is 51.8 Å². The molecular weight excluding hydrogens is 306 g/mol. The van der Waals surface area contributed by atoms with E-state index in [9.17, 15) is 0 Å². The fourth-order valence-electron chi connectivity index (χ4n) is 3.22. The summed E-state index contributed by atoms with van der Waals surface area (Å²) < 4.78 is 0. The fraction of sp³-hybridized carbons (Fsp3) is 0.0909. The van der Waals surface area contributed by atoms with Crippen LogP contribution in [0, 0.1) is 0 Å². The van der Waals surface area contributed by atoms with E-state index in [0.717, 1.165) is 16.7 Å². The van der Waals surface area contributed by atoms with Crippen molar-refractivity contribution >= 4 is 16.7 Å². The molecule has 122 valence electrons. The number of nitrogens with two attached hydrogens (primary N) is 1. The highest BCUT2D eigenvalue weighted by Crippen LogP contribution is 2.28.